The first kappa shape index (κ1) is 67.7. The number of halogens is 1. The second-order valence-electron chi connectivity index (χ2n) is 26.7. The van der Waals surface area contributed by atoms with Crippen LogP contribution in [0.3, 0.4) is 0 Å². The number of ketones is 1. The molecule has 0 spiro atoms. The van der Waals surface area contributed by atoms with Gasteiger partial charge in [0.05, 0.1) is 53.8 Å². The van der Waals surface area contributed by atoms with E-state index in [0.717, 1.165) is 37.9 Å². The predicted molar refractivity (Wildman–Crippen MR) is 317 cm³/mol. The number of carbonyl (C=O) groups is 4. The molecule has 1 aromatic heterocycles. The lowest BCUT2D eigenvalue weighted by Crippen LogP contribution is -2.62. The Morgan fingerprint density at radius 1 is 0.942 bits per heavy atom. The summed E-state index contributed by atoms with van der Waals surface area (Å²) in [4.78, 5) is 60.7. The summed E-state index contributed by atoms with van der Waals surface area (Å²) in [5, 5.41) is 21.9. The van der Waals surface area contributed by atoms with Crippen molar-refractivity contribution in [3.05, 3.63) is 47.3 Å². The third kappa shape index (κ3) is 14.5. The zero-order valence-electron chi connectivity index (χ0n) is 53.9. The second kappa shape index (κ2) is 28.7. The Kier molecular flexibility index (Phi) is 22.6. The van der Waals surface area contributed by atoms with Crippen molar-refractivity contribution < 1.29 is 71.3 Å². The van der Waals surface area contributed by atoms with Gasteiger partial charge in [-0.2, -0.15) is 0 Å². The Hall–Kier alpha value is -4.23. The molecule has 6 fully saturated rings. The number of nitrogens with zero attached hydrogens (tertiary/aromatic N) is 6. The van der Waals surface area contributed by atoms with Gasteiger partial charge in [-0.05, 0) is 109 Å². The maximum Gasteiger partial charge on any atom is 0.425 e. The van der Waals surface area contributed by atoms with Gasteiger partial charge in [0.1, 0.15) is 42.9 Å². The summed E-state index contributed by atoms with van der Waals surface area (Å²) in [5.41, 5.74) is 2.37. The van der Waals surface area contributed by atoms with Crippen molar-refractivity contribution in [1.29, 1.82) is 0 Å². The predicted octanol–water partition coefficient (Wildman–Crippen LogP) is 7.58. The topological polar surface area (TPSA) is 224 Å². The fraction of sp³-hybridized carbons (Fsp3) is 0.812. The lowest BCUT2D eigenvalue weighted by molar-refractivity contribution is -0.278. The summed E-state index contributed by atoms with van der Waals surface area (Å²) in [6.07, 6.45) is 0.421. The first-order chi connectivity index (χ1) is 40.8. The largest absolute Gasteiger partial charge is 0.458 e. The van der Waals surface area contributed by atoms with Gasteiger partial charge in [0.2, 0.25) is 5.91 Å². The number of aromatic nitrogens is 3. The molecule has 7 heterocycles. The first-order valence-electron chi connectivity index (χ1n) is 31.7. The normalized spacial score (nSPS) is 37.9. The van der Waals surface area contributed by atoms with E-state index in [1.807, 2.05) is 72.4 Å². The number of Topliss-reactive ketones (excluding diaryl/α,β-unsaturated/α-hetero) is 1. The average molecular weight is 1210 g/mol. The molecule has 2 unspecified atom stereocenters. The number of hydrogen-bond donors (Lipinski definition) is 2. The fourth-order valence-electron chi connectivity index (χ4n) is 15.4. The van der Waals surface area contributed by atoms with Gasteiger partial charge < -0.3 is 57.5 Å². The van der Waals surface area contributed by atoms with E-state index in [2.05, 4.69) is 39.8 Å². The molecule has 22 heteroatoms. The number of nitrogens with one attached hydrogen (secondary N) is 1. The van der Waals surface area contributed by atoms with Gasteiger partial charge in [0.15, 0.2) is 11.9 Å². The number of hydrogen-bond acceptors (Lipinski definition) is 18. The van der Waals surface area contributed by atoms with E-state index >= 15 is 14.0 Å². The van der Waals surface area contributed by atoms with Crippen LogP contribution in [0.4, 0.5) is 9.18 Å². The lowest BCUT2D eigenvalue weighted by Gasteiger charge is -2.52. The average Bonchev–Trinajstić information content (AvgIpc) is 1.84. The number of hydrazine groups is 1. The quantitative estimate of drug-likeness (QED) is 0.129. The summed E-state index contributed by atoms with van der Waals surface area (Å²) in [7, 11) is 6.82. The van der Waals surface area contributed by atoms with E-state index in [4.69, 9.17) is 42.6 Å². The van der Waals surface area contributed by atoms with Crippen LogP contribution in [-0.4, -0.2) is 205 Å². The molecule has 21 nitrogen and oxygen atoms in total. The number of piperidine rings is 1. The molecule has 0 bridgehead atoms. The SMILES string of the molecule is CC[C@H]1OC(=O)[C@H](C)C([C@H]2C[C@@](C)(OC)[C@@H](O)[C@H](C)O2)[C@H](C)[C@@H](O[C@H]2C[C@@H](N(C)CCc3cn([C@H](CF)[C@H](OC)c4ccc(C5CCN(C(C)=O)CC5)cc4)nn3)C[C@@H](C)O2)[C@](C)(OC)C[C@@H](C)C(=O)[C@H](C)[C@H]2N(NCC3CCOC3)C(=O)O[C@]12C. The number of likely N-dealkylation sites (N-methyl/N-ethyl adjacent to an activating group) is 1. The second-order valence-corrected chi connectivity index (χ2v) is 26.7. The van der Waals surface area contributed by atoms with E-state index in [1.54, 1.807) is 53.0 Å². The highest BCUT2D eigenvalue weighted by atomic mass is 19.1. The lowest BCUT2D eigenvalue weighted by atomic mass is 9.67. The molecule has 0 aliphatic carbocycles. The monoisotopic (exact) mass is 1210 g/mol. The van der Waals surface area contributed by atoms with Crippen molar-refractivity contribution in [2.24, 2.45) is 35.5 Å². The number of rotatable bonds is 19. The minimum absolute atomic E-state index is 0.0191. The summed E-state index contributed by atoms with van der Waals surface area (Å²) in [6, 6.07) is 6.53. The zero-order valence-corrected chi connectivity index (χ0v) is 53.9. The fourth-order valence-corrected chi connectivity index (χ4v) is 15.4. The molecule has 20 atom stereocenters. The van der Waals surface area contributed by atoms with Crippen LogP contribution >= 0.6 is 0 Å². The Balaban J connectivity index is 1.04. The van der Waals surface area contributed by atoms with Crippen LogP contribution in [0, 0.1) is 35.5 Å². The van der Waals surface area contributed by atoms with Crippen LogP contribution < -0.4 is 5.43 Å². The molecule has 2 aromatic rings. The molecular formula is C64H102FN7O14. The van der Waals surface area contributed by atoms with Crippen LogP contribution in [-0.2, 0) is 63.4 Å². The molecule has 0 radical (unpaired) electrons. The molecule has 484 valence electrons. The number of cyclic esters (lactones) is 1. The van der Waals surface area contributed by atoms with E-state index in [1.165, 1.54) is 10.6 Å². The Labute approximate surface area is 509 Å². The molecule has 86 heavy (non-hydrogen) atoms. The van der Waals surface area contributed by atoms with Gasteiger partial charge >= 0.3 is 12.1 Å². The Bertz CT molecular complexity index is 2570. The smallest absolute Gasteiger partial charge is 0.425 e. The number of carbonyl (C=O) groups excluding carboxylic acids is 4. The molecule has 6 aliphatic heterocycles. The number of likely N-dealkylation sites (tertiary alicyclic amines) is 1. The Morgan fingerprint density at radius 2 is 1.64 bits per heavy atom. The molecule has 6 saturated heterocycles. The molecule has 0 saturated carbocycles. The highest BCUT2D eigenvalue weighted by molar-refractivity contribution is 5.85. The maximum absolute atomic E-state index is 15.3. The number of esters is 1. The van der Waals surface area contributed by atoms with Crippen molar-refractivity contribution in [3.8, 4) is 0 Å². The first-order valence-corrected chi connectivity index (χ1v) is 31.7. The van der Waals surface area contributed by atoms with Crippen molar-refractivity contribution >= 4 is 23.8 Å². The number of ether oxygens (including phenoxy) is 9. The third-order valence-corrected chi connectivity index (χ3v) is 20.8. The highest BCUT2D eigenvalue weighted by Gasteiger charge is 2.62. The van der Waals surface area contributed by atoms with Crippen molar-refractivity contribution in [3.63, 3.8) is 0 Å². The van der Waals surface area contributed by atoms with Gasteiger partial charge in [0.25, 0.3) is 0 Å². The zero-order chi connectivity index (χ0) is 62.6. The number of amides is 2. The maximum atomic E-state index is 15.3. The highest BCUT2D eigenvalue weighted by Crippen LogP contribution is 2.48. The summed E-state index contributed by atoms with van der Waals surface area (Å²) in [5.74, 6) is -3.58. The number of aliphatic hydroxyl groups is 1. The molecule has 2 amide bonds. The van der Waals surface area contributed by atoms with Crippen LogP contribution in [0.25, 0.3) is 0 Å². The van der Waals surface area contributed by atoms with Crippen LogP contribution in [0.15, 0.2) is 30.5 Å². The molecule has 8 rings (SSSR count). The summed E-state index contributed by atoms with van der Waals surface area (Å²) < 4.78 is 74.9. The number of methoxy groups -OCH3 is 3. The van der Waals surface area contributed by atoms with Gasteiger partial charge in [-0.15, -0.1) is 5.10 Å². The number of benzene rings is 1. The number of aliphatic hydroxyl groups excluding tert-OH is 1. The van der Waals surface area contributed by atoms with Gasteiger partial charge in [0, 0.05) is 110 Å². The van der Waals surface area contributed by atoms with E-state index in [-0.39, 0.29) is 49.0 Å². The molecule has 1 aromatic carbocycles. The van der Waals surface area contributed by atoms with Crippen LogP contribution in [0.5, 0.6) is 0 Å². The van der Waals surface area contributed by atoms with Crippen molar-refractivity contribution in [2.45, 2.75) is 224 Å². The van der Waals surface area contributed by atoms with Crippen molar-refractivity contribution in [2.75, 3.05) is 74.4 Å². The molecular weight excluding hydrogens is 1110 g/mol. The summed E-state index contributed by atoms with van der Waals surface area (Å²) in [6.45, 7) is 23.4. The van der Waals surface area contributed by atoms with Crippen molar-refractivity contribution in [1.82, 2.24) is 35.2 Å². The van der Waals surface area contributed by atoms with Gasteiger partial charge in [-0.3, -0.25) is 14.4 Å². The summed E-state index contributed by atoms with van der Waals surface area (Å²) >= 11 is 0. The van der Waals surface area contributed by atoms with E-state index in [9.17, 15) is 14.7 Å². The minimum Gasteiger partial charge on any atom is -0.458 e. The van der Waals surface area contributed by atoms with Crippen LogP contribution in [0.1, 0.15) is 162 Å². The molecule has 2 N–H and O–H groups in total. The Morgan fingerprint density at radius 3 is 2.26 bits per heavy atom. The van der Waals surface area contributed by atoms with Gasteiger partial charge in [-0.1, -0.05) is 64.1 Å². The number of alkyl halides is 1. The standard InChI is InChI=1S/C64H102FN7O14/c1-16-52-64(11)57(72(61(77)86-64)66-34-44-24-28-81-36-44)41(6)55(74)37(2)31-63(10,80-15)59(39(4)54(40(5)60(76)84-52)51-32-62(9,79-14)58(75)42(7)83-51)85-53-30-49(29-38(3)82-53)69(12)25-23-48-35-71(68-67-48)50(33-65)56(78-13)47-19-17-45(18-20-47)46-21-26-70(27-22-46)43(8)73/h17-20,35,37-42,44,46,49-54,56-59,66,75H,16,21-34,36H2,1-15H3/t37-,38-,39+,40-,41+,42+,44?,49+,50-,51-,52-,53+,54?,56-,57-,58+,59-,62-,63-,64-/m1/s1. The van der Waals surface area contributed by atoms with E-state index in [0.29, 0.717) is 57.2 Å². The van der Waals surface area contributed by atoms with Crippen LogP contribution in [0.2, 0.25) is 0 Å². The number of fused-ring (bicyclic) bond motifs is 1. The van der Waals surface area contributed by atoms with E-state index < -0.39 is 120 Å². The molecule has 6 aliphatic rings. The third-order valence-electron chi connectivity index (χ3n) is 20.8. The minimum atomic E-state index is -1.44. The van der Waals surface area contributed by atoms with Gasteiger partial charge in [-0.25, -0.2) is 24.3 Å².